The van der Waals surface area contributed by atoms with Gasteiger partial charge in [0.2, 0.25) is 5.91 Å². The molecule has 2 atom stereocenters. The number of hydrogen-bond acceptors (Lipinski definition) is 2. The summed E-state index contributed by atoms with van der Waals surface area (Å²) >= 11 is 0. The summed E-state index contributed by atoms with van der Waals surface area (Å²) in [7, 11) is 0. The van der Waals surface area contributed by atoms with Crippen molar-refractivity contribution in [2.45, 2.75) is 32.5 Å². The van der Waals surface area contributed by atoms with Gasteiger partial charge in [0.05, 0.1) is 12.0 Å². The van der Waals surface area contributed by atoms with Crippen molar-refractivity contribution in [2.75, 3.05) is 13.1 Å². The van der Waals surface area contributed by atoms with E-state index in [4.69, 9.17) is 0 Å². The highest BCUT2D eigenvalue weighted by Gasteiger charge is 2.46. The van der Waals surface area contributed by atoms with Gasteiger partial charge in [0.15, 0.2) is 0 Å². The summed E-state index contributed by atoms with van der Waals surface area (Å²) in [5.74, 6) is -1.90. The molecule has 0 aromatic heterocycles. The van der Waals surface area contributed by atoms with E-state index in [1.165, 1.54) is 0 Å². The summed E-state index contributed by atoms with van der Waals surface area (Å²) in [4.78, 5) is 11.5. The normalized spacial score (nSPS) is 26.8. The molecule has 1 saturated heterocycles. The third-order valence-corrected chi connectivity index (χ3v) is 3.01. The monoisotopic (exact) mass is 250 g/mol. The molecular weight excluding hydrogens is 233 g/mol. The van der Waals surface area contributed by atoms with E-state index in [2.05, 4.69) is 10.6 Å². The van der Waals surface area contributed by atoms with Crippen LogP contribution in [0.4, 0.5) is 13.2 Å². The number of piperidine rings is 1. The average Bonchev–Trinajstić information content (AvgIpc) is 2.27. The second-order valence-electron chi connectivity index (χ2n) is 4.19. The summed E-state index contributed by atoms with van der Waals surface area (Å²) in [5, 5.41) is 5.30. The lowest BCUT2D eigenvalue weighted by Gasteiger charge is -2.34. The number of rotatable bonds is 2. The predicted molar refractivity (Wildman–Crippen MR) is 58.4 cm³/mol. The molecule has 1 fully saturated rings. The quantitative estimate of drug-likeness (QED) is 0.731. The van der Waals surface area contributed by atoms with E-state index in [0.29, 0.717) is 12.1 Å². The smallest absolute Gasteiger partial charge is 0.348 e. The number of hydrogen-bond donors (Lipinski definition) is 2. The van der Waals surface area contributed by atoms with Crippen LogP contribution < -0.4 is 10.6 Å². The van der Waals surface area contributed by atoms with Crippen LogP contribution >= 0.6 is 0 Å². The summed E-state index contributed by atoms with van der Waals surface area (Å²) in [6.45, 7) is 3.75. The molecule has 0 aromatic carbocycles. The first-order chi connectivity index (χ1) is 7.86. The zero-order valence-electron chi connectivity index (χ0n) is 9.90. The first kappa shape index (κ1) is 14.0. The van der Waals surface area contributed by atoms with Gasteiger partial charge in [-0.3, -0.25) is 4.79 Å². The molecule has 2 N–H and O–H groups in total. The fourth-order valence-corrected chi connectivity index (χ4v) is 1.82. The zero-order chi connectivity index (χ0) is 13.1. The van der Waals surface area contributed by atoms with Gasteiger partial charge in [0.1, 0.15) is 0 Å². The standard InChI is InChI=1S/C11H17F3N2O/c1-3-7(2)10(17)16-9-6-15-5-4-8(9)11(12,13)14/h3,8-9,15H,4-6H2,1-2H3,(H,16,17)/b7-3+. The van der Waals surface area contributed by atoms with Crippen molar-refractivity contribution in [3.63, 3.8) is 0 Å². The Bertz CT molecular complexity index is 312. The molecule has 1 aliphatic rings. The summed E-state index contributed by atoms with van der Waals surface area (Å²) in [5.41, 5.74) is 0.427. The Balaban J connectivity index is 2.70. The minimum atomic E-state index is -4.26. The third kappa shape index (κ3) is 3.73. The number of carbonyl (C=O) groups is 1. The molecule has 17 heavy (non-hydrogen) atoms. The topological polar surface area (TPSA) is 41.1 Å². The second kappa shape index (κ2) is 5.53. The summed E-state index contributed by atoms with van der Waals surface area (Å²) in [6, 6.07) is -0.883. The van der Waals surface area contributed by atoms with E-state index in [-0.39, 0.29) is 13.0 Å². The van der Waals surface area contributed by atoms with Gasteiger partial charge in [-0.15, -0.1) is 0 Å². The Morgan fingerprint density at radius 1 is 1.47 bits per heavy atom. The predicted octanol–water partition coefficient (Wildman–Crippen LogP) is 1.61. The van der Waals surface area contributed by atoms with Gasteiger partial charge in [-0.2, -0.15) is 13.2 Å². The van der Waals surface area contributed by atoms with Gasteiger partial charge in [-0.05, 0) is 26.8 Å². The van der Waals surface area contributed by atoms with Gasteiger partial charge in [0, 0.05) is 12.1 Å². The molecule has 0 aliphatic carbocycles. The van der Waals surface area contributed by atoms with E-state index < -0.39 is 24.0 Å². The lowest BCUT2D eigenvalue weighted by molar-refractivity contribution is -0.187. The molecule has 1 aliphatic heterocycles. The fourth-order valence-electron chi connectivity index (χ4n) is 1.82. The second-order valence-corrected chi connectivity index (χ2v) is 4.19. The number of amides is 1. The lowest BCUT2D eigenvalue weighted by Crippen LogP contribution is -2.55. The van der Waals surface area contributed by atoms with Gasteiger partial charge in [0.25, 0.3) is 0 Å². The van der Waals surface area contributed by atoms with Crippen molar-refractivity contribution in [3.8, 4) is 0 Å². The molecule has 0 aromatic rings. The van der Waals surface area contributed by atoms with E-state index in [0.717, 1.165) is 0 Å². The lowest BCUT2D eigenvalue weighted by atomic mass is 9.92. The molecular formula is C11H17F3N2O. The highest BCUT2D eigenvalue weighted by atomic mass is 19.4. The summed E-state index contributed by atoms with van der Waals surface area (Å²) < 4.78 is 38.2. The van der Waals surface area contributed by atoms with E-state index in [1.807, 2.05) is 0 Å². The number of carbonyl (C=O) groups excluding carboxylic acids is 1. The number of alkyl halides is 3. The van der Waals surface area contributed by atoms with Crippen molar-refractivity contribution >= 4 is 5.91 Å². The molecule has 1 amide bonds. The van der Waals surface area contributed by atoms with Gasteiger partial charge >= 0.3 is 6.18 Å². The van der Waals surface area contributed by atoms with Crippen molar-refractivity contribution < 1.29 is 18.0 Å². The zero-order valence-corrected chi connectivity index (χ0v) is 9.90. The van der Waals surface area contributed by atoms with Crippen LogP contribution in [0, 0.1) is 5.92 Å². The van der Waals surface area contributed by atoms with Crippen molar-refractivity contribution in [1.82, 2.24) is 10.6 Å². The SMILES string of the molecule is C/C=C(\C)C(=O)NC1CNCCC1C(F)(F)F. The van der Waals surface area contributed by atoms with E-state index >= 15 is 0 Å². The van der Waals surface area contributed by atoms with Crippen LogP contribution in [0.15, 0.2) is 11.6 Å². The van der Waals surface area contributed by atoms with Crippen LogP contribution in [0.5, 0.6) is 0 Å². The molecule has 0 spiro atoms. The number of nitrogens with one attached hydrogen (secondary N) is 2. The minimum Gasteiger partial charge on any atom is -0.348 e. The highest BCUT2D eigenvalue weighted by molar-refractivity contribution is 5.92. The average molecular weight is 250 g/mol. The van der Waals surface area contributed by atoms with E-state index in [9.17, 15) is 18.0 Å². The molecule has 2 unspecified atom stereocenters. The van der Waals surface area contributed by atoms with Gasteiger partial charge in [-0.1, -0.05) is 6.08 Å². The Morgan fingerprint density at radius 3 is 2.65 bits per heavy atom. The Labute approximate surface area is 98.5 Å². The maximum absolute atomic E-state index is 12.7. The van der Waals surface area contributed by atoms with Crippen LogP contribution in [0.2, 0.25) is 0 Å². The first-order valence-electron chi connectivity index (χ1n) is 5.57. The fraction of sp³-hybridized carbons (Fsp3) is 0.727. The van der Waals surface area contributed by atoms with Crippen molar-refractivity contribution in [1.29, 1.82) is 0 Å². The maximum Gasteiger partial charge on any atom is 0.393 e. The number of allylic oxidation sites excluding steroid dienone is 1. The largest absolute Gasteiger partial charge is 0.393 e. The van der Waals surface area contributed by atoms with E-state index in [1.54, 1.807) is 19.9 Å². The Kier molecular flexibility index (Phi) is 4.56. The molecule has 1 rings (SSSR count). The summed E-state index contributed by atoms with van der Waals surface area (Å²) in [6.07, 6.45) is -2.68. The molecule has 0 saturated carbocycles. The van der Waals surface area contributed by atoms with Crippen LogP contribution in [-0.2, 0) is 4.79 Å². The van der Waals surface area contributed by atoms with Crippen LogP contribution in [-0.4, -0.2) is 31.2 Å². The van der Waals surface area contributed by atoms with Crippen molar-refractivity contribution in [3.05, 3.63) is 11.6 Å². The minimum absolute atomic E-state index is 0.00331. The Hall–Kier alpha value is -1.04. The van der Waals surface area contributed by atoms with Crippen LogP contribution in [0.1, 0.15) is 20.3 Å². The van der Waals surface area contributed by atoms with Gasteiger partial charge < -0.3 is 10.6 Å². The van der Waals surface area contributed by atoms with Crippen LogP contribution in [0.3, 0.4) is 0 Å². The Morgan fingerprint density at radius 2 is 2.12 bits per heavy atom. The molecule has 98 valence electrons. The van der Waals surface area contributed by atoms with Crippen molar-refractivity contribution in [2.24, 2.45) is 5.92 Å². The molecule has 0 radical (unpaired) electrons. The number of halogens is 3. The first-order valence-corrected chi connectivity index (χ1v) is 5.57. The molecule has 3 nitrogen and oxygen atoms in total. The highest BCUT2D eigenvalue weighted by Crippen LogP contribution is 2.32. The van der Waals surface area contributed by atoms with Gasteiger partial charge in [-0.25, -0.2) is 0 Å². The maximum atomic E-state index is 12.7. The molecule has 1 heterocycles. The molecule has 0 bridgehead atoms. The third-order valence-electron chi connectivity index (χ3n) is 3.01. The molecule has 6 heteroatoms. The van der Waals surface area contributed by atoms with Crippen LogP contribution in [0.25, 0.3) is 0 Å².